The van der Waals surface area contributed by atoms with Crippen LogP contribution in [-0.4, -0.2) is 37.8 Å². The van der Waals surface area contributed by atoms with Crippen molar-refractivity contribution in [3.63, 3.8) is 0 Å². The second kappa shape index (κ2) is 22.2. The van der Waals surface area contributed by atoms with Gasteiger partial charge in [-0.05, 0) is 169 Å². The van der Waals surface area contributed by atoms with Crippen molar-refractivity contribution >= 4 is 110 Å². The first kappa shape index (κ1) is 57.0. The van der Waals surface area contributed by atoms with E-state index in [1.54, 1.807) is 0 Å². The molecule has 6 aromatic heterocycles. The van der Waals surface area contributed by atoms with Gasteiger partial charge in [-0.25, -0.2) is 15.0 Å². The molecule has 474 valence electrons. The number of hydrogen-bond donors (Lipinski definition) is 0. The van der Waals surface area contributed by atoms with E-state index in [-0.39, 0.29) is 0 Å². The van der Waals surface area contributed by atoms with Crippen molar-refractivity contribution < 1.29 is 0 Å². The topological polar surface area (TPSA) is 63.3 Å². The van der Waals surface area contributed by atoms with E-state index in [9.17, 15) is 0 Å². The fraction of sp³-hybridized carbons (Fsp3) is 0.0430. The van der Waals surface area contributed by atoms with Crippen LogP contribution in [0.5, 0.6) is 0 Å². The molecule has 101 heavy (non-hydrogen) atoms. The van der Waals surface area contributed by atoms with E-state index < -0.39 is 5.41 Å². The summed E-state index contributed by atoms with van der Waals surface area (Å²) in [6.07, 6.45) is 13.9. The zero-order valence-corrected chi connectivity index (χ0v) is 55.2. The monoisotopic (exact) mass is 1290 g/mol. The maximum Gasteiger partial charge on any atom is 0.164 e. The molecule has 0 saturated heterocycles. The lowest BCUT2D eigenvalue weighted by Crippen LogP contribution is -2.18. The highest BCUT2D eigenvalue weighted by Gasteiger charge is 2.38. The van der Waals surface area contributed by atoms with Crippen molar-refractivity contribution in [3.8, 4) is 68.0 Å². The molecule has 1 atom stereocenters. The lowest BCUT2D eigenvalue weighted by Gasteiger charge is -2.25. The van der Waals surface area contributed by atoms with Crippen LogP contribution >= 0.6 is 0 Å². The zero-order chi connectivity index (χ0) is 66.4. The van der Waals surface area contributed by atoms with Crippen molar-refractivity contribution in [1.82, 2.24) is 37.8 Å². The van der Waals surface area contributed by atoms with Crippen molar-refractivity contribution in [2.75, 3.05) is 0 Å². The predicted octanol–water partition coefficient (Wildman–Crippen LogP) is 23.4. The van der Waals surface area contributed by atoms with Crippen LogP contribution in [0, 0.1) is 0 Å². The molecule has 0 saturated carbocycles. The Hall–Kier alpha value is -13.2. The van der Waals surface area contributed by atoms with Crippen LogP contribution in [0.1, 0.15) is 36.6 Å². The van der Waals surface area contributed by atoms with Gasteiger partial charge in [0, 0.05) is 87.7 Å². The van der Waals surface area contributed by atoms with Crippen LogP contribution in [0.2, 0.25) is 0 Å². The highest BCUT2D eigenvalue weighted by atomic mass is 15.1. The maximum atomic E-state index is 5.53. The van der Waals surface area contributed by atoms with Crippen LogP contribution in [0.15, 0.2) is 328 Å². The number of nitrogens with zero attached hydrogens (tertiary/aromatic N) is 8. The predicted molar refractivity (Wildman–Crippen MR) is 419 cm³/mol. The molecule has 13 aromatic carbocycles. The minimum Gasteiger partial charge on any atom is -0.310 e. The number of hydrogen-bond acceptors (Lipinski definition) is 3. The van der Waals surface area contributed by atoms with E-state index in [1.165, 1.54) is 82.2 Å². The van der Waals surface area contributed by atoms with E-state index in [2.05, 4.69) is 345 Å². The second-order valence-electron chi connectivity index (χ2n) is 27.1. The summed E-state index contributed by atoms with van der Waals surface area (Å²) in [5, 5.41) is 10.8. The van der Waals surface area contributed by atoms with Gasteiger partial charge in [0.25, 0.3) is 0 Å². The molecular formula is C93H62N8. The first-order valence-electron chi connectivity index (χ1n) is 34.9. The zero-order valence-electron chi connectivity index (χ0n) is 55.2. The molecule has 8 nitrogen and oxygen atoms in total. The van der Waals surface area contributed by atoms with Crippen molar-refractivity contribution in [3.05, 3.63) is 344 Å². The standard InChI is InChI=1S/C93H62N8/c1-93(53-52-87-89(93)73-37-16-22-43-82(73)98(87)66-29-9-4-10-30-66)64-47-51-85-76(58-64)75-56-61(60-44-48-83-74(55-60)72-36-15-19-40-79(72)97(83)65-27-7-3-8-28-65)45-49-84(75)100(85)86-50-46-63(57-88(86)101-80-41-20-13-34-70(80)71-35-14-21-42-81(71)101)92-95-90(59-24-5-2-6-25-59)94-91(96-92)62-26-23-31-67(54-62)99-77-38-17-11-32-68(77)69-33-12-18-39-78(69)99/h2-3,5-9,11-58H,4,10H2,1H3. The summed E-state index contributed by atoms with van der Waals surface area (Å²) in [5.74, 6) is 1.75. The fourth-order valence-corrected chi connectivity index (χ4v) is 16.9. The Morgan fingerprint density at radius 2 is 0.713 bits per heavy atom. The van der Waals surface area contributed by atoms with Crippen LogP contribution in [0.4, 0.5) is 0 Å². The maximum absolute atomic E-state index is 5.53. The third-order valence-electron chi connectivity index (χ3n) is 21.5. The molecule has 19 aromatic rings. The number of allylic oxidation sites excluding steroid dienone is 5. The Balaban J connectivity index is 0.800. The highest BCUT2D eigenvalue weighted by molar-refractivity contribution is 6.15. The lowest BCUT2D eigenvalue weighted by molar-refractivity contribution is 0.746. The van der Waals surface area contributed by atoms with Crippen molar-refractivity contribution in [1.29, 1.82) is 0 Å². The van der Waals surface area contributed by atoms with Gasteiger partial charge in [-0.2, -0.15) is 0 Å². The quantitative estimate of drug-likeness (QED) is 0.137. The molecular weight excluding hydrogens is 1230 g/mol. The number of benzene rings is 13. The van der Waals surface area contributed by atoms with E-state index in [0.717, 1.165) is 102 Å². The number of aromatic nitrogens is 8. The Morgan fingerprint density at radius 3 is 1.31 bits per heavy atom. The number of fused-ring (bicyclic) bond motifs is 15. The van der Waals surface area contributed by atoms with Crippen LogP contribution in [0.3, 0.4) is 0 Å². The first-order valence-corrected chi connectivity index (χ1v) is 34.9. The molecule has 0 radical (unpaired) electrons. The summed E-state index contributed by atoms with van der Waals surface area (Å²) >= 11 is 0. The van der Waals surface area contributed by atoms with Crippen LogP contribution in [0.25, 0.3) is 178 Å². The normalized spacial score (nSPS) is 14.5. The van der Waals surface area contributed by atoms with Gasteiger partial charge < -0.3 is 22.8 Å². The molecule has 1 unspecified atom stereocenters. The van der Waals surface area contributed by atoms with Gasteiger partial charge in [0.1, 0.15) is 0 Å². The van der Waals surface area contributed by atoms with E-state index >= 15 is 0 Å². The molecule has 0 N–H and O–H groups in total. The summed E-state index contributed by atoms with van der Waals surface area (Å²) in [6.45, 7) is 2.42. The van der Waals surface area contributed by atoms with Crippen molar-refractivity contribution in [2.45, 2.75) is 25.2 Å². The first-order chi connectivity index (χ1) is 50.0. The third kappa shape index (κ3) is 8.65. The number of para-hydroxylation sites is 7. The molecule has 0 aliphatic heterocycles. The van der Waals surface area contributed by atoms with E-state index in [4.69, 9.17) is 15.0 Å². The summed E-state index contributed by atoms with van der Waals surface area (Å²) in [5.41, 5.74) is 23.9. The summed E-state index contributed by atoms with van der Waals surface area (Å²) in [7, 11) is 0. The third-order valence-corrected chi connectivity index (χ3v) is 21.5. The summed E-state index contributed by atoms with van der Waals surface area (Å²) in [6, 6.07) is 111. The van der Waals surface area contributed by atoms with Gasteiger partial charge in [-0.15, -0.1) is 0 Å². The van der Waals surface area contributed by atoms with Gasteiger partial charge in [-0.3, -0.25) is 0 Å². The lowest BCUT2D eigenvalue weighted by atomic mass is 9.77. The van der Waals surface area contributed by atoms with Crippen LogP contribution in [-0.2, 0) is 5.41 Å². The smallest absolute Gasteiger partial charge is 0.164 e. The molecule has 0 spiro atoms. The molecule has 6 heterocycles. The van der Waals surface area contributed by atoms with Crippen molar-refractivity contribution in [2.24, 2.45) is 0 Å². The minimum absolute atomic E-state index is 0.457. The van der Waals surface area contributed by atoms with Crippen LogP contribution < -0.4 is 0 Å². The molecule has 0 amide bonds. The summed E-state index contributed by atoms with van der Waals surface area (Å²) < 4.78 is 12.2. The van der Waals surface area contributed by atoms with Gasteiger partial charge in [0.2, 0.25) is 0 Å². The van der Waals surface area contributed by atoms with Gasteiger partial charge in [-0.1, -0.05) is 206 Å². The SMILES string of the molecule is CC1(c2ccc3c(c2)c2cc(-c4ccc5c(c4)c4ccccc4n5-c4ccccc4)ccc2n3-c2ccc(-c3nc(-c4ccccc4)nc(-c4cccc(-n5c6ccccc6c6ccccc65)c4)n3)cc2-n2c3ccccc3c3ccccc32)C=Cc2c1c1ccccc1n2C1=CCCC=C1. The number of rotatable bonds is 10. The Labute approximate surface area is 581 Å². The molecule has 21 rings (SSSR count). The minimum atomic E-state index is -0.457. The second-order valence-corrected chi connectivity index (χ2v) is 27.1. The highest BCUT2D eigenvalue weighted by Crippen LogP contribution is 2.50. The Bertz CT molecular complexity index is 6680. The summed E-state index contributed by atoms with van der Waals surface area (Å²) in [4.78, 5) is 16.3. The fourth-order valence-electron chi connectivity index (χ4n) is 16.9. The average Bonchev–Trinajstić information content (AvgIpc) is 1.60. The van der Waals surface area contributed by atoms with E-state index in [1.807, 2.05) is 18.2 Å². The van der Waals surface area contributed by atoms with E-state index in [0.29, 0.717) is 17.5 Å². The molecule has 2 aliphatic carbocycles. The Kier molecular flexibility index (Phi) is 12.5. The largest absolute Gasteiger partial charge is 0.310 e. The molecule has 8 heteroatoms. The van der Waals surface area contributed by atoms with Gasteiger partial charge >= 0.3 is 0 Å². The van der Waals surface area contributed by atoms with Gasteiger partial charge in [0.05, 0.1) is 66.7 Å². The molecule has 0 fully saturated rings. The Morgan fingerprint density at radius 1 is 0.287 bits per heavy atom. The average molecular weight is 1290 g/mol. The van der Waals surface area contributed by atoms with Gasteiger partial charge in [0.15, 0.2) is 17.5 Å². The molecule has 2 aliphatic rings. The molecule has 0 bridgehead atoms.